The van der Waals surface area contributed by atoms with Crippen molar-refractivity contribution in [3.8, 4) is 0 Å². The molecule has 0 aromatic rings. The van der Waals surface area contributed by atoms with E-state index in [2.05, 4.69) is 0 Å². The van der Waals surface area contributed by atoms with Gasteiger partial charge in [-0.1, -0.05) is 15.5 Å². The van der Waals surface area contributed by atoms with Crippen molar-refractivity contribution >= 4 is 10.1 Å². The quantitative estimate of drug-likeness (QED) is 0.582. The molecule has 1 nitrogen and oxygen atoms in total. The molecule has 0 amide bonds. The lowest BCUT2D eigenvalue weighted by molar-refractivity contribution is -0.425. The molecule has 0 unspecified atom stereocenters. The van der Waals surface area contributed by atoms with E-state index in [4.69, 9.17) is 0 Å². The van der Waals surface area contributed by atoms with Crippen molar-refractivity contribution in [3.63, 3.8) is 0 Å². The fourth-order valence-corrected chi connectivity index (χ4v) is 2.18. The van der Waals surface area contributed by atoms with Gasteiger partial charge in [-0.05, 0) is 0 Å². The normalized spacial score (nSPS) is 40.7. The minimum Gasteiger partial charge on any atom is -0.191 e. The van der Waals surface area contributed by atoms with Crippen LogP contribution in [0.25, 0.3) is 0 Å². The third-order valence-corrected chi connectivity index (χ3v) is 3.68. The first-order valence-corrected chi connectivity index (χ1v) is 5.43. The predicted molar refractivity (Wildman–Crippen MR) is 32.9 cm³/mol. The molecular weight excluding hydrogens is 324 g/mol. The summed E-state index contributed by atoms with van der Waals surface area (Å²) in [6.45, 7) is 0. The average Bonchev–Trinajstić information content (AvgIpc) is 1.95. The molecule has 0 spiro atoms. The molecule has 0 saturated carbocycles. The Balaban J connectivity index is 3.76. The standard InChI is InChI=1S/C4F12OS/c5-1(6)2(7,8)4(11,12)18(13,14,15,16)17-3(1,9)10. The summed E-state index contributed by atoms with van der Waals surface area (Å²) in [5.41, 5.74) is 0. The molecule has 1 aliphatic rings. The number of alkyl halides is 8. The Morgan fingerprint density at radius 2 is 0.944 bits per heavy atom. The minimum atomic E-state index is -11.9. The highest BCUT2D eigenvalue weighted by Crippen LogP contribution is 3.07. The van der Waals surface area contributed by atoms with Crippen molar-refractivity contribution in [1.82, 2.24) is 0 Å². The Morgan fingerprint density at radius 3 is 1.28 bits per heavy atom. The lowest BCUT2D eigenvalue weighted by Gasteiger charge is -2.59. The van der Waals surface area contributed by atoms with Gasteiger partial charge in [-0.3, -0.25) is 0 Å². The Bertz CT molecular complexity index is 402. The largest absolute Gasteiger partial charge is 0.446 e. The van der Waals surface area contributed by atoms with Crippen molar-refractivity contribution in [2.75, 3.05) is 0 Å². The molecule has 112 valence electrons. The molecule has 0 aromatic heterocycles. The second-order valence-corrected chi connectivity index (χ2v) is 5.93. The van der Waals surface area contributed by atoms with Gasteiger partial charge in [-0.15, -0.1) is 0 Å². The Labute approximate surface area is 89.3 Å². The topological polar surface area (TPSA) is 9.23 Å². The van der Waals surface area contributed by atoms with Gasteiger partial charge in [0.05, 0.1) is 0 Å². The molecule has 0 aliphatic carbocycles. The zero-order chi connectivity index (χ0) is 15.1. The maximum Gasteiger partial charge on any atom is 0.446 e. The fourth-order valence-electron chi connectivity index (χ4n) is 0.927. The van der Waals surface area contributed by atoms with E-state index < -0.39 is 33.3 Å². The first kappa shape index (κ1) is 15.5. The molecule has 1 aliphatic heterocycles. The van der Waals surface area contributed by atoms with Gasteiger partial charge < -0.3 is 0 Å². The predicted octanol–water partition coefficient (Wildman–Crippen LogP) is 4.80. The third kappa shape index (κ3) is 1.32. The molecule has 0 aromatic carbocycles. The van der Waals surface area contributed by atoms with E-state index in [0.29, 0.717) is 0 Å². The van der Waals surface area contributed by atoms with E-state index in [0.717, 1.165) is 4.18 Å². The average molecular weight is 324 g/mol. The van der Waals surface area contributed by atoms with Gasteiger partial charge in [0.15, 0.2) is 0 Å². The van der Waals surface area contributed by atoms with Gasteiger partial charge in [-0.25, -0.2) is 0 Å². The minimum absolute atomic E-state index is 0.940. The fraction of sp³-hybridized carbons (Fsp3) is 1.00. The molecule has 18 heavy (non-hydrogen) atoms. The molecule has 1 saturated heterocycles. The third-order valence-electron chi connectivity index (χ3n) is 1.89. The summed E-state index contributed by atoms with van der Waals surface area (Å²) in [6.07, 6.45) is -7.19. The number of hydrogen-bond donors (Lipinski definition) is 0. The maximum absolute atomic E-state index is 12.3. The molecule has 1 rings (SSSR count). The highest BCUT2D eigenvalue weighted by atomic mass is 32.5. The van der Waals surface area contributed by atoms with Crippen LogP contribution in [0.3, 0.4) is 0 Å². The van der Waals surface area contributed by atoms with Gasteiger partial charge >= 0.3 is 33.3 Å². The van der Waals surface area contributed by atoms with Crippen LogP contribution in [0.15, 0.2) is 0 Å². The lowest BCUT2D eigenvalue weighted by Crippen LogP contribution is -2.72. The molecule has 0 radical (unpaired) electrons. The van der Waals surface area contributed by atoms with Crippen LogP contribution in [0.4, 0.5) is 50.7 Å². The zero-order valence-corrected chi connectivity index (χ0v) is 8.17. The maximum atomic E-state index is 12.3. The summed E-state index contributed by atoms with van der Waals surface area (Å²) in [5.74, 6) is -15.0. The summed E-state index contributed by atoms with van der Waals surface area (Å²) >= 11 is 0. The van der Waals surface area contributed by atoms with Crippen molar-refractivity contribution < 1.29 is 54.8 Å². The smallest absolute Gasteiger partial charge is 0.191 e. The first-order chi connectivity index (χ1) is 7.23. The van der Waals surface area contributed by atoms with Crippen LogP contribution >= 0.6 is 10.1 Å². The van der Waals surface area contributed by atoms with Crippen LogP contribution in [0.5, 0.6) is 0 Å². The van der Waals surface area contributed by atoms with Crippen molar-refractivity contribution in [1.29, 1.82) is 0 Å². The van der Waals surface area contributed by atoms with Crippen LogP contribution in [-0.4, -0.2) is 23.2 Å². The van der Waals surface area contributed by atoms with Gasteiger partial charge in [0, 0.05) is 0 Å². The molecule has 0 atom stereocenters. The van der Waals surface area contributed by atoms with E-state index in [9.17, 15) is 50.7 Å². The Hall–Kier alpha value is -0.530. The molecule has 0 N–H and O–H groups in total. The van der Waals surface area contributed by atoms with E-state index >= 15 is 0 Å². The van der Waals surface area contributed by atoms with E-state index in [-0.39, 0.29) is 0 Å². The van der Waals surface area contributed by atoms with E-state index in [1.54, 1.807) is 0 Å². The first-order valence-electron chi connectivity index (χ1n) is 3.45. The second kappa shape index (κ2) is 2.53. The summed E-state index contributed by atoms with van der Waals surface area (Å²) in [6, 6.07) is 0. The lowest BCUT2D eigenvalue weighted by atomic mass is 10.1. The molecular formula is C4F12OS. The van der Waals surface area contributed by atoms with Crippen molar-refractivity contribution in [2.24, 2.45) is 0 Å². The highest BCUT2D eigenvalue weighted by Gasteiger charge is 3.04. The highest BCUT2D eigenvalue weighted by molar-refractivity contribution is 8.46. The van der Waals surface area contributed by atoms with Gasteiger partial charge in [-0.2, -0.15) is 39.3 Å². The SMILES string of the molecule is FC1(F)OS(F)(F)(F)(F)C(F)(F)C(F)(F)C1(F)F. The Morgan fingerprint density at radius 1 is 0.611 bits per heavy atom. The van der Waals surface area contributed by atoms with Gasteiger partial charge in [0.25, 0.3) is 0 Å². The second-order valence-electron chi connectivity index (χ2n) is 3.26. The van der Waals surface area contributed by atoms with Crippen LogP contribution in [0.2, 0.25) is 0 Å². The van der Waals surface area contributed by atoms with Crippen LogP contribution in [0.1, 0.15) is 0 Å². The van der Waals surface area contributed by atoms with E-state index in [1.807, 2.05) is 0 Å². The molecule has 1 heterocycles. The molecule has 14 heteroatoms. The van der Waals surface area contributed by atoms with E-state index in [1.165, 1.54) is 0 Å². The summed E-state index contributed by atoms with van der Waals surface area (Å²) in [7, 11) is -11.9. The number of halogens is 12. The van der Waals surface area contributed by atoms with Crippen molar-refractivity contribution in [2.45, 2.75) is 23.2 Å². The zero-order valence-electron chi connectivity index (χ0n) is 7.35. The summed E-state index contributed by atoms with van der Waals surface area (Å²) in [4.78, 5) is 0. The molecule has 0 bridgehead atoms. The monoisotopic (exact) mass is 324 g/mol. The van der Waals surface area contributed by atoms with Gasteiger partial charge in [0.2, 0.25) is 0 Å². The van der Waals surface area contributed by atoms with Crippen LogP contribution in [0, 0.1) is 0 Å². The van der Waals surface area contributed by atoms with Crippen LogP contribution < -0.4 is 0 Å². The number of hydrogen-bond acceptors (Lipinski definition) is 1. The summed E-state index contributed by atoms with van der Waals surface area (Å²) < 4.78 is 147. The summed E-state index contributed by atoms with van der Waals surface area (Å²) in [5, 5.41) is -8.10. The molecule has 1 fully saturated rings. The van der Waals surface area contributed by atoms with Crippen molar-refractivity contribution in [3.05, 3.63) is 0 Å². The van der Waals surface area contributed by atoms with Crippen LogP contribution in [-0.2, 0) is 4.18 Å². The van der Waals surface area contributed by atoms with Gasteiger partial charge in [0.1, 0.15) is 0 Å². The Kier molecular flexibility index (Phi) is 2.18. The number of rotatable bonds is 0.